The summed E-state index contributed by atoms with van der Waals surface area (Å²) in [5.74, 6) is -1.52. The van der Waals surface area contributed by atoms with Crippen molar-refractivity contribution in [3.8, 4) is 0 Å². The fraction of sp³-hybridized carbons (Fsp3) is 0.714. The second-order valence-electron chi connectivity index (χ2n) is 17.1. The van der Waals surface area contributed by atoms with Gasteiger partial charge in [0.05, 0.1) is 18.8 Å². The minimum atomic E-state index is -5.40. The summed E-state index contributed by atoms with van der Waals surface area (Å²) >= 11 is 0. The Morgan fingerprint density at radius 1 is 0.522 bits per heavy atom. The summed E-state index contributed by atoms with van der Waals surface area (Å²) in [6.07, 6.45) is 24.3. The minimum absolute atomic E-state index is 0.0456. The molecule has 0 saturated heterocycles. The Morgan fingerprint density at radius 2 is 0.986 bits per heavy atom. The van der Waals surface area contributed by atoms with Crippen molar-refractivity contribution in [1.29, 1.82) is 0 Å². The topological polar surface area (TPSA) is 296 Å². The highest BCUT2D eigenvalue weighted by Crippen LogP contribution is 2.49. The van der Waals surface area contributed by atoms with Gasteiger partial charge in [-0.3, -0.25) is 23.2 Å². The number of aliphatic hydroxyl groups excluding tert-OH is 6. The van der Waals surface area contributed by atoms with Crippen LogP contribution in [0.3, 0.4) is 0 Å². The number of hydrogen-bond donors (Lipinski definition) is 9. The van der Waals surface area contributed by atoms with Gasteiger partial charge in [-0.2, -0.15) is 0 Å². The minimum Gasteiger partial charge on any atom is -0.462 e. The maximum Gasteiger partial charge on any atom is 0.472 e. The van der Waals surface area contributed by atoms with Gasteiger partial charge in [0.15, 0.2) is 6.10 Å². The third kappa shape index (κ3) is 32.9. The number of aliphatic hydroxyl groups is 6. The molecule has 0 aliphatic heterocycles. The van der Waals surface area contributed by atoms with Crippen LogP contribution in [0.5, 0.6) is 0 Å². The second kappa shape index (κ2) is 39.0. The number of phosphoric ester groups is 2. The molecular weight excluding hydrogens is 938 g/mol. The zero-order valence-electron chi connectivity index (χ0n) is 40.7. The molecule has 0 aromatic rings. The van der Waals surface area contributed by atoms with Crippen LogP contribution in [0.15, 0.2) is 72.9 Å². The number of rotatable bonds is 40. The van der Waals surface area contributed by atoms with Gasteiger partial charge in [0, 0.05) is 12.8 Å². The molecule has 9 N–H and O–H groups in total. The summed E-state index contributed by atoms with van der Waals surface area (Å²) in [6, 6.07) is 0. The van der Waals surface area contributed by atoms with Crippen molar-refractivity contribution in [3.63, 3.8) is 0 Å². The van der Waals surface area contributed by atoms with E-state index in [4.69, 9.17) is 18.5 Å². The van der Waals surface area contributed by atoms with Crippen molar-refractivity contribution in [2.24, 2.45) is 0 Å². The Balaban J connectivity index is 2.70. The lowest BCUT2D eigenvalue weighted by Crippen LogP contribution is -2.64. The Bertz CT molecular complexity index is 1640. The average Bonchev–Trinajstić information content (AvgIpc) is 3.30. The molecule has 0 amide bonds. The highest BCUT2D eigenvalue weighted by molar-refractivity contribution is 7.47. The molecular formula is C49H84O18P2. The zero-order valence-corrected chi connectivity index (χ0v) is 42.5. The van der Waals surface area contributed by atoms with Gasteiger partial charge in [-0.15, -0.1) is 0 Å². The average molecular weight is 1020 g/mol. The van der Waals surface area contributed by atoms with E-state index in [-0.39, 0.29) is 32.1 Å². The molecule has 18 nitrogen and oxygen atoms in total. The lowest BCUT2D eigenvalue weighted by atomic mass is 9.85. The molecule has 69 heavy (non-hydrogen) atoms. The van der Waals surface area contributed by atoms with E-state index < -0.39 is 95.7 Å². The van der Waals surface area contributed by atoms with E-state index in [2.05, 4.69) is 73.1 Å². The molecule has 1 aliphatic rings. The predicted molar refractivity (Wildman–Crippen MR) is 262 cm³/mol. The summed E-state index contributed by atoms with van der Waals surface area (Å²) in [5.41, 5.74) is 0. The van der Waals surface area contributed by atoms with Gasteiger partial charge in [-0.1, -0.05) is 125 Å². The number of esters is 2. The number of phosphoric acid groups is 2. The van der Waals surface area contributed by atoms with Crippen molar-refractivity contribution in [1.82, 2.24) is 0 Å². The first-order chi connectivity index (χ1) is 32.9. The van der Waals surface area contributed by atoms with Crippen LogP contribution in [0, 0.1) is 0 Å². The van der Waals surface area contributed by atoms with Crippen molar-refractivity contribution in [2.75, 3.05) is 13.2 Å². The third-order valence-corrected chi connectivity index (χ3v) is 12.5. The Labute approximate surface area is 409 Å². The number of allylic oxidation sites excluding steroid dienone is 11. The van der Waals surface area contributed by atoms with Gasteiger partial charge < -0.3 is 54.8 Å². The molecule has 20 heteroatoms. The molecule has 398 valence electrons. The van der Waals surface area contributed by atoms with Crippen molar-refractivity contribution in [3.05, 3.63) is 72.9 Å². The van der Waals surface area contributed by atoms with Crippen LogP contribution in [0.2, 0.25) is 0 Å². The predicted octanol–water partition coefficient (Wildman–Crippen LogP) is 7.56. The summed E-state index contributed by atoms with van der Waals surface area (Å²) in [5, 5.41) is 62.1. The van der Waals surface area contributed by atoms with E-state index in [0.717, 1.165) is 51.4 Å². The van der Waals surface area contributed by atoms with Crippen molar-refractivity contribution in [2.45, 2.75) is 210 Å². The lowest BCUT2D eigenvalue weighted by molar-refractivity contribution is -0.216. The fourth-order valence-corrected chi connectivity index (χ4v) is 8.50. The number of hydrogen-bond acceptors (Lipinski definition) is 15. The van der Waals surface area contributed by atoms with E-state index in [1.54, 1.807) is 6.08 Å². The van der Waals surface area contributed by atoms with Crippen LogP contribution < -0.4 is 0 Å². The normalized spacial score (nSPS) is 22.7. The van der Waals surface area contributed by atoms with Crippen LogP contribution in [0.4, 0.5) is 0 Å². The molecule has 0 aromatic carbocycles. The van der Waals surface area contributed by atoms with E-state index in [0.29, 0.717) is 19.3 Å². The third-order valence-electron chi connectivity index (χ3n) is 11.0. The lowest BCUT2D eigenvalue weighted by Gasteiger charge is -2.43. The molecule has 0 aromatic heterocycles. The largest absolute Gasteiger partial charge is 0.472 e. The molecule has 0 bridgehead atoms. The first-order valence-electron chi connectivity index (χ1n) is 24.6. The Hall–Kier alpha value is -2.64. The van der Waals surface area contributed by atoms with Crippen LogP contribution >= 0.6 is 15.6 Å². The van der Waals surface area contributed by atoms with Crippen LogP contribution in [0.1, 0.15) is 155 Å². The Kier molecular flexibility index (Phi) is 36.3. The highest BCUT2D eigenvalue weighted by Gasteiger charge is 2.54. The first-order valence-corrected chi connectivity index (χ1v) is 27.7. The number of unbranched alkanes of at least 4 members (excludes halogenated alkanes) is 10. The number of ether oxygens (including phenoxy) is 2. The van der Waals surface area contributed by atoms with E-state index in [1.807, 2.05) is 12.2 Å². The second-order valence-corrected chi connectivity index (χ2v) is 19.7. The van der Waals surface area contributed by atoms with Gasteiger partial charge >= 0.3 is 27.6 Å². The van der Waals surface area contributed by atoms with Crippen LogP contribution in [-0.2, 0) is 41.8 Å². The quantitative estimate of drug-likeness (QED) is 0.0124. The first kappa shape index (κ1) is 64.4. The molecule has 1 saturated carbocycles. The maximum absolute atomic E-state index is 13.0. The SMILES string of the molecule is CCCCC/C=C\C/C=C\C/C=C\CCCCCCC(=O)O[C@H](COC(=O)CCCC(O)C(O)C/C=C\C/C=C\C/C=C\CCCCC)COP(=O)(O)O[C@H]1C(O)C(O)C(O)[C@@H](OP(=O)(O)O)C1O. The van der Waals surface area contributed by atoms with Crippen molar-refractivity contribution < 1.29 is 87.1 Å². The van der Waals surface area contributed by atoms with Crippen LogP contribution in [-0.4, -0.2) is 125 Å². The standard InChI is InChI=1S/C49H84O18P2/c1-3-5-7-9-11-13-15-17-18-19-20-21-23-25-27-29-31-35-43(53)65-39(38-64-69(61,62)67-49-46(56)44(54)45(55)48(47(49)57)66-68(58,59)60)37-63-42(52)36-32-34-41(51)40(50)33-30-28-26-24-22-16-14-12-10-8-6-4-2/h11-14,17-18,20-22,24,28,30,39-41,44-51,54-57H,3-10,15-16,19,23,25-27,29,31-38H2,1-2H3,(H,61,62)(H2,58,59,60)/b13-11-,14-12-,18-17-,21-20-,24-22-,30-28-/t39-,40?,41?,44?,45?,46?,47?,48-,49+/m1/s1. The van der Waals surface area contributed by atoms with Gasteiger partial charge in [-0.25, -0.2) is 9.13 Å². The molecule has 1 fully saturated rings. The van der Waals surface area contributed by atoms with Gasteiger partial charge in [0.25, 0.3) is 0 Å². The van der Waals surface area contributed by atoms with Gasteiger partial charge in [0.1, 0.15) is 43.2 Å². The summed E-state index contributed by atoms with van der Waals surface area (Å²) < 4.78 is 49.2. The monoisotopic (exact) mass is 1020 g/mol. The fourth-order valence-electron chi connectivity index (χ4n) is 6.96. The molecule has 7 unspecified atom stereocenters. The molecule has 0 spiro atoms. The van der Waals surface area contributed by atoms with E-state index >= 15 is 0 Å². The smallest absolute Gasteiger partial charge is 0.462 e. The van der Waals surface area contributed by atoms with Gasteiger partial charge in [0.2, 0.25) is 0 Å². The molecule has 0 radical (unpaired) electrons. The summed E-state index contributed by atoms with van der Waals surface area (Å²) in [6.45, 7) is 2.78. The van der Waals surface area contributed by atoms with E-state index in [1.165, 1.54) is 38.5 Å². The molecule has 1 rings (SSSR count). The summed E-state index contributed by atoms with van der Waals surface area (Å²) in [7, 11) is -10.8. The Morgan fingerprint density at radius 3 is 1.51 bits per heavy atom. The van der Waals surface area contributed by atoms with Gasteiger partial charge in [-0.05, 0) is 89.9 Å². The molecule has 10 atom stereocenters. The highest BCUT2D eigenvalue weighted by atomic mass is 31.2. The number of carbonyl (C=O) groups is 2. The molecule has 0 heterocycles. The van der Waals surface area contributed by atoms with Crippen LogP contribution in [0.25, 0.3) is 0 Å². The zero-order chi connectivity index (χ0) is 51.3. The summed E-state index contributed by atoms with van der Waals surface area (Å²) in [4.78, 5) is 54.4. The number of carbonyl (C=O) groups excluding carboxylic acids is 2. The van der Waals surface area contributed by atoms with Crippen molar-refractivity contribution >= 4 is 27.6 Å². The molecule has 1 aliphatic carbocycles. The van der Waals surface area contributed by atoms with E-state index in [9.17, 15) is 64.0 Å². The maximum atomic E-state index is 13.0.